The Labute approximate surface area is 274 Å². The van der Waals surface area contributed by atoms with Gasteiger partial charge in [0.05, 0.1) is 22.8 Å². The molecule has 0 amide bonds. The first-order valence-electron chi connectivity index (χ1n) is 12.4. The summed E-state index contributed by atoms with van der Waals surface area (Å²) in [5, 5.41) is 8.50. The van der Waals surface area contributed by atoms with Crippen LogP contribution in [0.5, 0.6) is 0 Å². The molecule has 41 heavy (non-hydrogen) atoms. The van der Waals surface area contributed by atoms with Crippen LogP contribution in [0.25, 0.3) is 0 Å². The van der Waals surface area contributed by atoms with Crippen LogP contribution < -0.4 is 10.9 Å². The summed E-state index contributed by atoms with van der Waals surface area (Å²) in [5.41, 5.74) is 11.6. The van der Waals surface area contributed by atoms with Crippen LogP contribution in [0.1, 0.15) is 36.4 Å². The minimum absolute atomic E-state index is 0. The summed E-state index contributed by atoms with van der Waals surface area (Å²) >= 11 is 13.6. The molecule has 0 saturated carbocycles. The molecule has 2 heterocycles. The van der Waals surface area contributed by atoms with E-state index in [1.165, 1.54) is 11.1 Å². The Morgan fingerprint density at radius 2 is 0.976 bits per heavy atom. The van der Waals surface area contributed by atoms with Crippen molar-refractivity contribution in [2.24, 2.45) is 10.2 Å². The molecular weight excluding hydrogens is 638 g/mol. The van der Waals surface area contributed by atoms with Gasteiger partial charge in [-0.1, -0.05) is 121 Å². The Kier molecular flexibility index (Phi) is 16.9. The largest absolute Gasteiger partial charge is 0.262 e. The number of nitrogens with one attached hydrogen (secondary N) is 2. The van der Waals surface area contributed by atoms with Crippen molar-refractivity contribution in [1.82, 2.24) is 20.8 Å². The van der Waals surface area contributed by atoms with Crippen molar-refractivity contribution in [2.45, 2.75) is 25.4 Å². The minimum atomic E-state index is 0. The van der Waals surface area contributed by atoms with Crippen molar-refractivity contribution in [2.75, 3.05) is 0 Å². The fourth-order valence-electron chi connectivity index (χ4n) is 3.04. The molecule has 0 aliphatic carbocycles. The average Bonchev–Trinajstić information content (AvgIpc) is 3.02. The van der Waals surface area contributed by atoms with Gasteiger partial charge in [0, 0.05) is 43.4 Å². The number of thioether (sulfide) groups is 2. The van der Waals surface area contributed by atoms with Gasteiger partial charge in [-0.25, -0.2) is 0 Å². The maximum absolute atomic E-state index is 5.25. The maximum atomic E-state index is 5.25. The molecule has 11 heteroatoms. The first kappa shape index (κ1) is 34.4. The van der Waals surface area contributed by atoms with Crippen molar-refractivity contribution in [1.29, 1.82) is 0 Å². The number of thiocarbonyl (C=S) groups is 2. The van der Waals surface area contributed by atoms with E-state index in [1.807, 2.05) is 86.6 Å². The first-order chi connectivity index (χ1) is 19.5. The van der Waals surface area contributed by atoms with Crippen molar-refractivity contribution in [3.63, 3.8) is 0 Å². The Morgan fingerprint density at radius 1 is 0.610 bits per heavy atom. The molecule has 6 nitrogen and oxygen atoms in total. The van der Waals surface area contributed by atoms with Gasteiger partial charge >= 0.3 is 0 Å². The average molecular weight is 668 g/mol. The summed E-state index contributed by atoms with van der Waals surface area (Å²) in [6.07, 6.45) is 3.49. The molecule has 0 saturated heterocycles. The van der Waals surface area contributed by atoms with Crippen molar-refractivity contribution in [3.05, 3.63) is 132 Å². The third kappa shape index (κ3) is 14.1. The van der Waals surface area contributed by atoms with Gasteiger partial charge in [-0.15, -0.1) is 0 Å². The zero-order valence-electron chi connectivity index (χ0n) is 22.9. The van der Waals surface area contributed by atoms with Crippen LogP contribution in [0.3, 0.4) is 0 Å². The second kappa shape index (κ2) is 20.1. The van der Waals surface area contributed by atoms with Crippen LogP contribution in [0.2, 0.25) is 0 Å². The molecule has 0 aliphatic rings. The van der Waals surface area contributed by atoms with Crippen LogP contribution in [-0.2, 0) is 31.0 Å². The molecule has 0 aliphatic heterocycles. The summed E-state index contributed by atoms with van der Waals surface area (Å²) in [6, 6.07) is 31.9. The van der Waals surface area contributed by atoms with Gasteiger partial charge in [-0.2, -0.15) is 10.2 Å². The van der Waals surface area contributed by atoms with E-state index in [2.05, 4.69) is 55.3 Å². The molecule has 0 spiro atoms. The number of pyridine rings is 2. The predicted octanol–water partition coefficient (Wildman–Crippen LogP) is 7.22. The van der Waals surface area contributed by atoms with Gasteiger partial charge in [0.1, 0.15) is 0 Å². The van der Waals surface area contributed by atoms with Crippen molar-refractivity contribution in [3.8, 4) is 0 Å². The van der Waals surface area contributed by atoms with Crippen molar-refractivity contribution >= 4 is 68.0 Å². The SMILES string of the molecule is CC(=NNC(=S)SCc1ccccc1)c1ccccn1.CC(=NNC(=S)SCc1ccccc1)c1ccccn1.[Zn]. The molecule has 4 rings (SSSR count). The van der Waals surface area contributed by atoms with Crippen LogP contribution >= 0.6 is 48.0 Å². The van der Waals surface area contributed by atoms with E-state index < -0.39 is 0 Å². The molecule has 0 bridgehead atoms. The molecule has 2 aromatic heterocycles. The zero-order valence-corrected chi connectivity index (χ0v) is 29.2. The molecule has 0 atom stereocenters. The monoisotopic (exact) mass is 666 g/mol. The molecule has 2 N–H and O–H groups in total. The smallest absolute Gasteiger partial charge is 0.154 e. The van der Waals surface area contributed by atoms with E-state index in [0.29, 0.717) is 8.64 Å². The van der Waals surface area contributed by atoms with Crippen LogP contribution in [-0.4, -0.2) is 30.0 Å². The number of hydrogen-bond donors (Lipinski definition) is 2. The molecule has 0 radical (unpaired) electrons. The molecular formula is C30H30N6S4Zn. The van der Waals surface area contributed by atoms with Crippen LogP contribution in [0, 0.1) is 0 Å². The molecule has 206 valence electrons. The number of benzene rings is 2. The molecule has 0 unspecified atom stereocenters. The van der Waals surface area contributed by atoms with Gasteiger partial charge in [-0.3, -0.25) is 20.8 Å². The third-order valence-electron chi connectivity index (χ3n) is 5.13. The topological polar surface area (TPSA) is 74.6 Å². The van der Waals surface area contributed by atoms with E-state index in [0.717, 1.165) is 34.3 Å². The fourth-order valence-corrected chi connectivity index (χ4v) is 4.68. The van der Waals surface area contributed by atoms with E-state index in [9.17, 15) is 0 Å². The number of hydrazone groups is 2. The van der Waals surface area contributed by atoms with Gasteiger partial charge in [0.2, 0.25) is 0 Å². The minimum Gasteiger partial charge on any atom is -0.262 e. The molecule has 0 fully saturated rings. The zero-order chi connectivity index (χ0) is 28.4. The van der Waals surface area contributed by atoms with Gasteiger partial charge in [0.15, 0.2) is 8.64 Å². The fraction of sp³-hybridized carbons (Fsp3) is 0.133. The number of rotatable bonds is 8. The summed E-state index contributed by atoms with van der Waals surface area (Å²) in [4.78, 5) is 8.46. The quantitative estimate of drug-likeness (QED) is 0.0883. The second-order valence-corrected chi connectivity index (χ2v) is 11.5. The Bertz CT molecular complexity index is 1280. The normalized spacial score (nSPS) is 10.9. The number of hydrogen-bond acceptors (Lipinski definition) is 8. The van der Waals surface area contributed by atoms with E-state index >= 15 is 0 Å². The van der Waals surface area contributed by atoms with Gasteiger partial charge in [-0.05, 0) is 49.2 Å². The molecule has 2 aromatic carbocycles. The summed E-state index contributed by atoms with van der Waals surface area (Å²) in [5.74, 6) is 1.68. The molecule has 4 aromatic rings. The van der Waals surface area contributed by atoms with E-state index in [4.69, 9.17) is 24.4 Å². The van der Waals surface area contributed by atoms with Gasteiger partial charge in [0.25, 0.3) is 0 Å². The van der Waals surface area contributed by atoms with E-state index in [-0.39, 0.29) is 19.5 Å². The van der Waals surface area contributed by atoms with Crippen molar-refractivity contribution < 1.29 is 19.5 Å². The number of aromatic nitrogens is 2. The maximum Gasteiger partial charge on any atom is 0.154 e. The third-order valence-corrected chi connectivity index (χ3v) is 7.68. The van der Waals surface area contributed by atoms with E-state index in [1.54, 1.807) is 35.9 Å². The van der Waals surface area contributed by atoms with Crippen LogP contribution in [0.4, 0.5) is 0 Å². The summed E-state index contributed by atoms with van der Waals surface area (Å²) in [7, 11) is 0. The first-order valence-corrected chi connectivity index (χ1v) is 15.1. The van der Waals surface area contributed by atoms with Gasteiger partial charge < -0.3 is 0 Å². The Morgan fingerprint density at radius 3 is 1.32 bits per heavy atom. The Balaban J connectivity index is 0.000000280. The number of nitrogens with zero attached hydrogens (tertiary/aromatic N) is 4. The van der Waals surface area contributed by atoms with Crippen LogP contribution in [0.15, 0.2) is 120 Å². The standard InChI is InChI=1S/2C15H15N3S2.Zn/c2*1-12(14-9-5-6-10-16-14)17-18-15(19)20-11-13-7-3-2-4-8-13;/h2*2-10H,11H2,1H3,(H,18,19);. The summed E-state index contributed by atoms with van der Waals surface area (Å²) in [6.45, 7) is 3.81. The Hall–Kier alpha value is -2.82. The predicted molar refractivity (Wildman–Crippen MR) is 180 cm³/mol. The second-order valence-electron chi connectivity index (χ2n) is 8.17. The summed E-state index contributed by atoms with van der Waals surface area (Å²) < 4.78 is 1.31.